The Labute approximate surface area is 215 Å². The molecule has 2 N–H and O–H groups in total. The van der Waals surface area contributed by atoms with Crippen LogP contribution >= 0.6 is 0 Å². The summed E-state index contributed by atoms with van der Waals surface area (Å²) in [7, 11) is -2.89. The van der Waals surface area contributed by atoms with Crippen molar-refractivity contribution in [3.05, 3.63) is 42.4 Å². The number of sulfone groups is 1. The number of ether oxygens (including phenoxy) is 1. The second-order valence-electron chi connectivity index (χ2n) is 8.79. The Kier molecular flexibility index (Phi) is 9.06. The van der Waals surface area contributed by atoms with E-state index in [-0.39, 0.29) is 55.4 Å². The molecule has 0 bridgehead atoms. The van der Waals surface area contributed by atoms with E-state index in [9.17, 15) is 40.4 Å². The van der Waals surface area contributed by atoms with Crippen LogP contribution in [0.3, 0.4) is 0 Å². The number of carbonyl (C=O) groups excluding carboxylic acids is 1. The Hall–Kier alpha value is -2.75. The molecule has 3 rings (SSSR count). The molecule has 0 radical (unpaired) electrons. The molecule has 0 saturated carbocycles. The number of methoxy groups -OCH3 is 1. The summed E-state index contributed by atoms with van der Waals surface area (Å²) in [4.78, 5) is 20.9. The Balaban J connectivity index is 1.80. The van der Waals surface area contributed by atoms with E-state index in [1.807, 2.05) is 0 Å². The number of benzene rings is 1. The van der Waals surface area contributed by atoms with Crippen LogP contribution in [0, 0.1) is 0 Å². The second kappa shape index (κ2) is 11.6. The maximum atomic E-state index is 13.7. The molecular weight excluding hydrogens is 539 g/mol. The molecule has 1 fully saturated rings. The summed E-state index contributed by atoms with van der Waals surface area (Å²) in [6, 6.07) is 5.38. The maximum Gasteiger partial charge on any atom is 0.453 e. The number of hydrogen-bond donors (Lipinski definition) is 2. The Morgan fingerprint density at radius 1 is 1.11 bits per heavy atom. The predicted octanol–water partition coefficient (Wildman–Crippen LogP) is 3.03. The number of halogens is 5. The van der Waals surface area contributed by atoms with Gasteiger partial charge in [-0.3, -0.25) is 20.0 Å². The number of aromatic nitrogens is 2. The maximum absolute atomic E-state index is 13.7. The van der Waals surface area contributed by atoms with Gasteiger partial charge in [0.15, 0.2) is 14.6 Å². The van der Waals surface area contributed by atoms with E-state index in [1.54, 1.807) is 0 Å². The molecule has 38 heavy (non-hydrogen) atoms. The molecule has 1 amide bonds. The summed E-state index contributed by atoms with van der Waals surface area (Å²) in [5.41, 5.74) is 0.567. The van der Waals surface area contributed by atoms with E-state index >= 15 is 0 Å². The molecule has 1 saturated heterocycles. The summed E-state index contributed by atoms with van der Waals surface area (Å²) in [6.45, 7) is 0.299. The van der Waals surface area contributed by atoms with E-state index < -0.39 is 45.4 Å². The van der Waals surface area contributed by atoms with Crippen molar-refractivity contribution < 1.29 is 45.1 Å². The number of hydrogen-bond acceptors (Lipinski definition) is 8. The van der Waals surface area contributed by atoms with E-state index in [0.717, 1.165) is 6.20 Å². The first-order valence-electron chi connectivity index (χ1n) is 11.6. The zero-order valence-corrected chi connectivity index (χ0v) is 21.2. The third-order valence-electron chi connectivity index (χ3n) is 6.33. The Morgan fingerprint density at radius 3 is 2.26 bits per heavy atom. The average molecular weight is 567 g/mol. The lowest BCUT2D eigenvalue weighted by Crippen LogP contribution is -2.58. The van der Waals surface area contributed by atoms with E-state index in [0.29, 0.717) is 10.6 Å². The second-order valence-corrected chi connectivity index (χ2v) is 11.0. The van der Waals surface area contributed by atoms with Gasteiger partial charge in [-0.2, -0.15) is 22.0 Å². The predicted molar refractivity (Wildman–Crippen MR) is 124 cm³/mol. The molecule has 0 spiro atoms. The van der Waals surface area contributed by atoms with Crippen molar-refractivity contribution in [1.29, 1.82) is 0 Å². The average Bonchev–Trinajstić information content (AvgIpc) is 2.90. The first-order chi connectivity index (χ1) is 17.7. The SMILES string of the molecule is COCCN(O)C(=O)C1(S(=O)(=O)c2ccc(-c3cnc(CCC(F)(F)C(F)(F)F)cn3)cc2)CCNCC1. The molecule has 15 heteroatoms. The van der Waals surface area contributed by atoms with Crippen LogP contribution in [-0.2, 0) is 25.8 Å². The minimum Gasteiger partial charge on any atom is -0.383 e. The highest BCUT2D eigenvalue weighted by atomic mass is 32.2. The summed E-state index contributed by atoms with van der Waals surface area (Å²) in [5.74, 6) is -5.80. The van der Waals surface area contributed by atoms with Crippen molar-refractivity contribution in [3.8, 4) is 11.3 Å². The lowest BCUT2D eigenvalue weighted by molar-refractivity contribution is -0.284. The van der Waals surface area contributed by atoms with Gasteiger partial charge in [0.25, 0.3) is 5.91 Å². The van der Waals surface area contributed by atoms with Gasteiger partial charge in [-0.15, -0.1) is 0 Å². The number of amides is 1. The van der Waals surface area contributed by atoms with Crippen LogP contribution in [0.1, 0.15) is 25.0 Å². The van der Waals surface area contributed by atoms with Gasteiger partial charge in [-0.05, 0) is 44.5 Å². The van der Waals surface area contributed by atoms with Gasteiger partial charge in [-0.1, -0.05) is 12.1 Å². The first kappa shape index (κ1) is 29.8. The van der Waals surface area contributed by atoms with Crippen molar-refractivity contribution >= 4 is 15.7 Å². The van der Waals surface area contributed by atoms with Crippen LogP contribution < -0.4 is 5.32 Å². The molecule has 0 atom stereocenters. The van der Waals surface area contributed by atoms with Crippen molar-refractivity contribution in [2.24, 2.45) is 0 Å². The summed E-state index contributed by atoms with van der Waals surface area (Å²) < 4.78 is 93.6. The summed E-state index contributed by atoms with van der Waals surface area (Å²) >= 11 is 0. The Morgan fingerprint density at radius 2 is 1.74 bits per heavy atom. The van der Waals surface area contributed by atoms with E-state index in [4.69, 9.17) is 4.74 Å². The molecule has 1 aromatic carbocycles. The molecule has 0 unspecified atom stereocenters. The van der Waals surface area contributed by atoms with Gasteiger partial charge in [0, 0.05) is 25.3 Å². The van der Waals surface area contributed by atoms with Gasteiger partial charge < -0.3 is 10.1 Å². The molecule has 1 aliphatic rings. The number of nitrogens with zero attached hydrogens (tertiary/aromatic N) is 3. The number of aryl methyl sites for hydroxylation is 1. The van der Waals surface area contributed by atoms with E-state index in [1.165, 1.54) is 37.6 Å². The van der Waals surface area contributed by atoms with Crippen molar-refractivity contribution in [2.45, 2.75) is 47.4 Å². The number of piperidine rings is 1. The van der Waals surface area contributed by atoms with Gasteiger partial charge in [0.1, 0.15) is 0 Å². The molecule has 2 aromatic rings. The van der Waals surface area contributed by atoms with Crippen LogP contribution in [0.15, 0.2) is 41.6 Å². The fourth-order valence-electron chi connectivity index (χ4n) is 4.03. The van der Waals surface area contributed by atoms with Crippen molar-refractivity contribution in [3.63, 3.8) is 0 Å². The topological polar surface area (TPSA) is 122 Å². The van der Waals surface area contributed by atoms with Crippen LogP contribution in [0.2, 0.25) is 0 Å². The van der Waals surface area contributed by atoms with Crippen LogP contribution in [0.25, 0.3) is 11.3 Å². The fraction of sp³-hybridized carbons (Fsp3) is 0.522. The fourth-order valence-corrected chi connectivity index (χ4v) is 6.06. The molecule has 1 aliphatic heterocycles. The number of hydroxylamine groups is 2. The molecule has 0 aliphatic carbocycles. The molecular formula is C23H27F5N4O5S. The Bertz CT molecular complexity index is 1200. The summed E-state index contributed by atoms with van der Waals surface area (Å²) in [5, 5.41) is 13.6. The number of rotatable bonds is 10. The number of carbonyl (C=O) groups is 1. The smallest absolute Gasteiger partial charge is 0.383 e. The third-order valence-corrected chi connectivity index (χ3v) is 8.84. The molecule has 1 aromatic heterocycles. The van der Waals surface area contributed by atoms with Gasteiger partial charge >= 0.3 is 12.1 Å². The minimum atomic E-state index is -5.65. The largest absolute Gasteiger partial charge is 0.453 e. The summed E-state index contributed by atoms with van der Waals surface area (Å²) in [6.07, 6.45) is -5.62. The number of alkyl halides is 5. The highest BCUT2D eigenvalue weighted by Gasteiger charge is 2.56. The standard InChI is InChI=1S/C23H27F5N4O5S/c1-37-13-12-32(34)20(33)21(8-10-29-11-9-21)38(35,36)18-4-2-16(3-5-18)19-15-30-17(14-31-19)6-7-22(24,25)23(26,27)28/h2-5,14-15,29,34H,6-13H2,1H3. The minimum absolute atomic E-state index is 0.00982. The third kappa shape index (κ3) is 6.11. The zero-order valence-electron chi connectivity index (χ0n) is 20.3. The van der Waals surface area contributed by atoms with Crippen molar-refractivity contribution in [1.82, 2.24) is 20.3 Å². The molecule has 9 nitrogen and oxygen atoms in total. The highest BCUT2D eigenvalue weighted by molar-refractivity contribution is 7.93. The van der Waals surface area contributed by atoms with Gasteiger partial charge in [-0.25, -0.2) is 13.5 Å². The van der Waals surface area contributed by atoms with Crippen molar-refractivity contribution in [2.75, 3.05) is 33.4 Å². The van der Waals surface area contributed by atoms with Gasteiger partial charge in [0.2, 0.25) is 0 Å². The molecule has 2 heterocycles. The van der Waals surface area contributed by atoms with Crippen LogP contribution in [-0.4, -0.2) is 84.8 Å². The first-order valence-corrected chi connectivity index (χ1v) is 13.0. The lowest BCUT2D eigenvalue weighted by Gasteiger charge is -2.37. The lowest BCUT2D eigenvalue weighted by atomic mass is 9.95. The normalized spacial score (nSPS) is 16.3. The monoisotopic (exact) mass is 566 g/mol. The van der Waals surface area contributed by atoms with Gasteiger partial charge in [0.05, 0.1) is 35.6 Å². The van der Waals surface area contributed by atoms with Crippen LogP contribution in [0.4, 0.5) is 22.0 Å². The quantitative estimate of drug-likeness (QED) is 0.256. The van der Waals surface area contributed by atoms with E-state index in [2.05, 4.69) is 15.3 Å². The highest BCUT2D eigenvalue weighted by Crippen LogP contribution is 2.39. The number of nitrogens with one attached hydrogen (secondary N) is 1. The zero-order chi connectivity index (χ0) is 28.2. The molecule has 210 valence electrons. The van der Waals surface area contributed by atoms with Crippen LogP contribution in [0.5, 0.6) is 0 Å².